The first-order chi connectivity index (χ1) is 7.20. The van der Waals surface area contributed by atoms with Crippen molar-refractivity contribution in [2.24, 2.45) is 0 Å². The minimum atomic E-state index is -0.287. The molecule has 0 radical (unpaired) electrons. The number of hydrogen-bond donors (Lipinski definition) is 2. The van der Waals surface area contributed by atoms with Crippen LogP contribution in [0, 0.1) is 0 Å². The van der Waals surface area contributed by atoms with E-state index in [1.54, 1.807) is 4.90 Å². The van der Waals surface area contributed by atoms with Gasteiger partial charge in [-0.1, -0.05) is 13.8 Å². The fourth-order valence-corrected chi connectivity index (χ4v) is 1.75. The molecule has 15 heavy (non-hydrogen) atoms. The zero-order valence-electron chi connectivity index (χ0n) is 9.38. The number of hydrogen-bond acceptors (Lipinski definition) is 3. The molecule has 0 bridgehead atoms. The van der Waals surface area contributed by atoms with Gasteiger partial charge < -0.3 is 15.5 Å². The first-order valence-corrected chi connectivity index (χ1v) is 5.48. The SMILES string of the molecule is CCNCC(=O)N1CCNC(=O)C1CC. The van der Waals surface area contributed by atoms with E-state index in [1.807, 2.05) is 13.8 Å². The molecule has 2 N–H and O–H groups in total. The van der Waals surface area contributed by atoms with Crippen molar-refractivity contribution in [2.45, 2.75) is 26.3 Å². The number of piperazine rings is 1. The van der Waals surface area contributed by atoms with E-state index >= 15 is 0 Å². The van der Waals surface area contributed by atoms with E-state index < -0.39 is 0 Å². The van der Waals surface area contributed by atoms with Crippen LogP contribution in [0.15, 0.2) is 0 Å². The predicted octanol–water partition coefficient (Wildman–Crippen LogP) is -0.667. The van der Waals surface area contributed by atoms with E-state index in [-0.39, 0.29) is 17.9 Å². The summed E-state index contributed by atoms with van der Waals surface area (Å²) in [7, 11) is 0. The molecule has 1 aliphatic rings. The van der Waals surface area contributed by atoms with Crippen molar-refractivity contribution in [3.8, 4) is 0 Å². The van der Waals surface area contributed by atoms with Crippen molar-refractivity contribution in [2.75, 3.05) is 26.2 Å². The third-order valence-electron chi connectivity index (χ3n) is 2.56. The number of rotatable bonds is 4. The van der Waals surface area contributed by atoms with E-state index in [4.69, 9.17) is 0 Å². The second-order valence-corrected chi connectivity index (χ2v) is 3.58. The Morgan fingerprint density at radius 2 is 2.33 bits per heavy atom. The van der Waals surface area contributed by atoms with Crippen LogP contribution in [-0.2, 0) is 9.59 Å². The number of carbonyl (C=O) groups is 2. The lowest BCUT2D eigenvalue weighted by Crippen LogP contribution is -2.58. The van der Waals surface area contributed by atoms with Gasteiger partial charge in [-0.25, -0.2) is 0 Å². The highest BCUT2D eigenvalue weighted by Gasteiger charge is 2.30. The molecule has 1 rings (SSSR count). The number of amides is 2. The molecule has 0 aromatic heterocycles. The first kappa shape index (κ1) is 12.0. The van der Waals surface area contributed by atoms with Crippen LogP contribution in [0.5, 0.6) is 0 Å². The normalized spacial score (nSPS) is 21.3. The summed E-state index contributed by atoms with van der Waals surface area (Å²) in [4.78, 5) is 24.9. The zero-order chi connectivity index (χ0) is 11.3. The van der Waals surface area contributed by atoms with Gasteiger partial charge >= 0.3 is 0 Å². The van der Waals surface area contributed by atoms with Gasteiger partial charge in [0.15, 0.2) is 0 Å². The monoisotopic (exact) mass is 213 g/mol. The van der Waals surface area contributed by atoms with Gasteiger partial charge in [0.05, 0.1) is 6.54 Å². The lowest BCUT2D eigenvalue weighted by molar-refractivity contribution is -0.142. The van der Waals surface area contributed by atoms with Crippen LogP contribution in [0.3, 0.4) is 0 Å². The fraction of sp³-hybridized carbons (Fsp3) is 0.800. The fourth-order valence-electron chi connectivity index (χ4n) is 1.75. The summed E-state index contributed by atoms with van der Waals surface area (Å²) in [6.45, 7) is 6.14. The minimum absolute atomic E-state index is 0.0125. The lowest BCUT2D eigenvalue weighted by Gasteiger charge is -2.34. The Balaban J connectivity index is 2.57. The van der Waals surface area contributed by atoms with Gasteiger partial charge in [0.1, 0.15) is 6.04 Å². The lowest BCUT2D eigenvalue weighted by atomic mass is 10.1. The highest BCUT2D eigenvalue weighted by molar-refractivity contribution is 5.89. The van der Waals surface area contributed by atoms with Crippen LogP contribution < -0.4 is 10.6 Å². The predicted molar refractivity (Wildman–Crippen MR) is 57.3 cm³/mol. The smallest absolute Gasteiger partial charge is 0.242 e. The molecule has 1 aliphatic heterocycles. The molecule has 0 aromatic rings. The summed E-state index contributed by atoms with van der Waals surface area (Å²) in [5, 5.41) is 5.75. The molecule has 5 nitrogen and oxygen atoms in total. The maximum absolute atomic E-state index is 11.8. The van der Waals surface area contributed by atoms with Gasteiger partial charge in [-0.3, -0.25) is 9.59 Å². The molecule has 2 amide bonds. The van der Waals surface area contributed by atoms with Gasteiger partial charge in [0.2, 0.25) is 11.8 Å². The van der Waals surface area contributed by atoms with Gasteiger partial charge in [0, 0.05) is 13.1 Å². The molecular weight excluding hydrogens is 194 g/mol. The number of nitrogens with one attached hydrogen (secondary N) is 2. The highest BCUT2D eigenvalue weighted by atomic mass is 16.2. The van der Waals surface area contributed by atoms with Crippen molar-refractivity contribution in [1.82, 2.24) is 15.5 Å². The molecule has 86 valence electrons. The van der Waals surface area contributed by atoms with E-state index in [2.05, 4.69) is 10.6 Å². The molecule has 1 saturated heterocycles. The maximum atomic E-state index is 11.8. The standard InChI is InChI=1S/C10H19N3O2/c1-3-8-10(15)12-5-6-13(8)9(14)7-11-4-2/h8,11H,3-7H2,1-2H3,(H,12,15). The molecular formula is C10H19N3O2. The Hall–Kier alpha value is -1.10. The highest BCUT2D eigenvalue weighted by Crippen LogP contribution is 2.08. The topological polar surface area (TPSA) is 61.4 Å². The summed E-state index contributed by atoms with van der Waals surface area (Å²) in [5.41, 5.74) is 0. The van der Waals surface area contributed by atoms with Crippen LogP contribution in [0.2, 0.25) is 0 Å². The first-order valence-electron chi connectivity index (χ1n) is 5.48. The average molecular weight is 213 g/mol. The van der Waals surface area contributed by atoms with E-state index in [0.717, 1.165) is 6.54 Å². The summed E-state index contributed by atoms with van der Waals surface area (Å²) in [6, 6.07) is -0.287. The van der Waals surface area contributed by atoms with E-state index in [1.165, 1.54) is 0 Å². The average Bonchev–Trinajstić information content (AvgIpc) is 2.25. The Labute approximate surface area is 90.2 Å². The number of carbonyl (C=O) groups excluding carboxylic acids is 2. The van der Waals surface area contributed by atoms with Crippen LogP contribution in [0.4, 0.5) is 0 Å². The molecule has 0 spiro atoms. The molecule has 1 fully saturated rings. The van der Waals surface area contributed by atoms with Crippen molar-refractivity contribution < 1.29 is 9.59 Å². The molecule has 0 saturated carbocycles. The molecule has 1 unspecified atom stereocenters. The van der Waals surface area contributed by atoms with E-state index in [9.17, 15) is 9.59 Å². The molecule has 0 aromatic carbocycles. The van der Waals surface area contributed by atoms with Crippen molar-refractivity contribution in [1.29, 1.82) is 0 Å². The van der Waals surface area contributed by atoms with Crippen LogP contribution in [-0.4, -0.2) is 48.9 Å². The third kappa shape index (κ3) is 2.92. The quantitative estimate of drug-likeness (QED) is 0.651. The molecule has 1 atom stereocenters. The summed E-state index contributed by atoms with van der Waals surface area (Å²) < 4.78 is 0. The van der Waals surface area contributed by atoms with Crippen LogP contribution in [0.1, 0.15) is 20.3 Å². The van der Waals surface area contributed by atoms with Crippen molar-refractivity contribution in [3.05, 3.63) is 0 Å². The van der Waals surface area contributed by atoms with Crippen LogP contribution in [0.25, 0.3) is 0 Å². The summed E-state index contributed by atoms with van der Waals surface area (Å²) in [5.74, 6) is -0.0212. The largest absolute Gasteiger partial charge is 0.353 e. The Kier molecular flexibility index (Phi) is 4.55. The Morgan fingerprint density at radius 1 is 1.60 bits per heavy atom. The Bertz CT molecular complexity index is 243. The zero-order valence-corrected chi connectivity index (χ0v) is 9.38. The van der Waals surface area contributed by atoms with Crippen LogP contribution >= 0.6 is 0 Å². The van der Waals surface area contributed by atoms with Gasteiger partial charge in [0.25, 0.3) is 0 Å². The summed E-state index contributed by atoms with van der Waals surface area (Å²) in [6.07, 6.45) is 0.670. The number of likely N-dealkylation sites (N-methyl/N-ethyl adjacent to an activating group) is 1. The second kappa shape index (κ2) is 5.70. The van der Waals surface area contributed by atoms with Gasteiger partial charge in [-0.2, -0.15) is 0 Å². The van der Waals surface area contributed by atoms with Crippen molar-refractivity contribution in [3.63, 3.8) is 0 Å². The minimum Gasteiger partial charge on any atom is -0.353 e. The van der Waals surface area contributed by atoms with Gasteiger partial charge in [-0.05, 0) is 13.0 Å². The summed E-state index contributed by atoms with van der Waals surface area (Å²) >= 11 is 0. The molecule has 1 heterocycles. The Morgan fingerprint density at radius 3 is 2.93 bits per heavy atom. The van der Waals surface area contributed by atoms with Gasteiger partial charge in [-0.15, -0.1) is 0 Å². The maximum Gasteiger partial charge on any atom is 0.242 e. The van der Waals surface area contributed by atoms with E-state index in [0.29, 0.717) is 26.1 Å². The molecule has 5 heteroatoms. The molecule has 0 aliphatic carbocycles. The van der Waals surface area contributed by atoms with Crippen molar-refractivity contribution >= 4 is 11.8 Å². The second-order valence-electron chi connectivity index (χ2n) is 3.58. The third-order valence-corrected chi connectivity index (χ3v) is 2.56. The number of nitrogens with zero attached hydrogens (tertiary/aromatic N) is 1.